The number of aryl methyl sites for hydroxylation is 1. The van der Waals surface area contributed by atoms with Crippen molar-refractivity contribution in [3.8, 4) is 11.3 Å². The molecule has 0 saturated heterocycles. The van der Waals surface area contributed by atoms with Gasteiger partial charge in [-0.3, -0.25) is 0 Å². The predicted molar refractivity (Wildman–Crippen MR) is 87.5 cm³/mol. The second kappa shape index (κ2) is 4.74. The molecule has 2 nitrogen and oxygen atoms in total. The molecule has 2 heteroatoms. The fourth-order valence-corrected chi connectivity index (χ4v) is 2.97. The summed E-state index contributed by atoms with van der Waals surface area (Å²) in [6.07, 6.45) is 2.99. The Bertz CT molecular complexity index is 920. The number of hydrogen-bond acceptors (Lipinski definition) is 1. The van der Waals surface area contributed by atoms with Gasteiger partial charge in [-0.25, -0.2) is 4.52 Å². The van der Waals surface area contributed by atoms with Crippen molar-refractivity contribution < 1.29 is 0 Å². The van der Waals surface area contributed by atoms with Gasteiger partial charge in [0.2, 0.25) is 0 Å². The van der Waals surface area contributed by atoms with Crippen LogP contribution in [0, 0.1) is 0 Å². The molecule has 0 N–H and O–H groups in total. The normalized spacial score (nSPS) is 11.3. The third-order valence-corrected chi connectivity index (χ3v) is 4.03. The van der Waals surface area contributed by atoms with E-state index in [-0.39, 0.29) is 0 Å². The van der Waals surface area contributed by atoms with Gasteiger partial charge < -0.3 is 0 Å². The Balaban J connectivity index is 2.18. The van der Waals surface area contributed by atoms with Gasteiger partial charge in [0.25, 0.3) is 0 Å². The van der Waals surface area contributed by atoms with Gasteiger partial charge in [0.05, 0.1) is 17.4 Å². The Morgan fingerprint density at radius 2 is 1.71 bits per heavy atom. The molecule has 0 aliphatic rings. The Morgan fingerprint density at radius 1 is 0.952 bits per heavy atom. The van der Waals surface area contributed by atoms with E-state index in [1.807, 2.05) is 12.3 Å². The van der Waals surface area contributed by atoms with Crippen molar-refractivity contribution in [1.82, 2.24) is 9.61 Å². The van der Waals surface area contributed by atoms with Gasteiger partial charge in [-0.2, -0.15) is 5.10 Å². The van der Waals surface area contributed by atoms with Crippen LogP contribution in [0.3, 0.4) is 0 Å². The van der Waals surface area contributed by atoms with E-state index < -0.39 is 0 Å². The Labute approximate surface area is 123 Å². The fourth-order valence-electron chi connectivity index (χ4n) is 2.97. The number of rotatable bonds is 2. The van der Waals surface area contributed by atoms with Crippen molar-refractivity contribution in [3.05, 3.63) is 72.4 Å². The molecule has 0 spiro atoms. The van der Waals surface area contributed by atoms with Gasteiger partial charge in [0.15, 0.2) is 0 Å². The summed E-state index contributed by atoms with van der Waals surface area (Å²) >= 11 is 0. The van der Waals surface area contributed by atoms with Crippen LogP contribution < -0.4 is 0 Å². The van der Waals surface area contributed by atoms with Crippen LogP contribution in [-0.2, 0) is 6.42 Å². The van der Waals surface area contributed by atoms with Gasteiger partial charge in [-0.05, 0) is 23.4 Å². The summed E-state index contributed by atoms with van der Waals surface area (Å²) < 4.78 is 2.08. The fraction of sp³-hybridized carbons (Fsp3) is 0.105. The average Bonchev–Trinajstić information content (AvgIpc) is 2.99. The monoisotopic (exact) mass is 272 g/mol. The molecule has 0 amide bonds. The molecular formula is C19H16N2. The Hall–Kier alpha value is -2.61. The van der Waals surface area contributed by atoms with Crippen LogP contribution in [0.1, 0.15) is 12.5 Å². The van der Waals surface area contributed by atoms with Gasteiger partial charge in [-0.1, -0.05) is 61.5 Å². The van der Waals surface area contributed by atoms with E-state index >= 15 is 0 Å². The summed E-state index contributed by atoms with van der Waals surface area (Å²) in [6, 6.07) is 21.2. The van der Waals surface area contributed by atoms with Crippen LogP contribution in [0.2, 0.25) is 0 Å². The molecule has 0 unspecified atom stereocenters. The molecule has 0 radical (unpaired) electrons. The molecule has 102 valence electrons. The minimum atomic E-state index is 0.992. The molecule has 0 fully saturated rings. The van der Waals surface area contributed by atoms with E-state index in [4.69, 9.17) is 0 Å². The molecule has 2 aromatic heterocycles. The maximum absolute atomic E-state index is 4.63. The second-order valence-corrected chi connectivity index (χ2v) is 5.27. The van der Waals surface area contributed by atoms with Crippen molar-refractivity contribution in [2.45, 2.75) is 13.3 Å². The molecule has 21 heavy (non-hydrogen) atoms. The summed E-state index contributed by atoms with van der Waals surface area (Å²) in [4.78, 5) is 0. The number of benzene rings is 2. The van der Waals surface area contributed by atoms with E-state index in [1.54, 1.807) is 0 Å². The number of hydrogen-bond donors (Lipinski definition) is 0. The number of aromatic nitrogens is 2. The SMILES string of the molecule is CCc1cnn2c(-c3ccccc3)cc3ccccc3c12. The first-order valence-corrected chi connectivity index (χ1v) is 7.32. The lowest BCUT2D eigenvalue weighted by molar-refractivity contribution is 0.975. The third kappa shape index (κ3) is 1.83. The molecule has 0 aliphatic heterocycles. The summed E-state index contributed by atoms with van der Waals surface area (Å²) in [5.41, 5.74) is 4.86. The summed E-state index contributed by atoms with van der Waals surface area (Å²) in [5.74, 6) is 0. The summed E-state index contributed by atoms with van der Waals surface area (Å²) in [5, 5.41) is 7.17. The Kier molecular flexibility index (Phi) is 2.74. The molecule has 4 aromatic rings. The van der Waals surface area contributed by atoms with E-state index in [0.29, 0.717) is 0 Å². The van der Waals surface area contributed by atoms with Crippen molar-refractivity contribution in [1.29, 1.82) is 0 Å². The van der Waals surface area contributed by atoms with E-state index in [1.165, 1.54) is 27.4 Å². The van der Waals surface area contributed by atoms with Crippen molar-refractivity contribution in [2.75, 3.05) is 0 Å². The average molecular weight is 272 g/mol. The lowest BCUT2D eigenvalue weighted by Crippen LogP contribution is -1.95. The van der Waals surface area contributed by atoms with Gasteiger partial charge in [0, 0.05) is 10.9 Å². The zero-order valence-electron chi connectivity index (χ0n) is 12.0. The largest absolute Gasteiger partial charge is 0.232 e. The van der Waals surface area contributed by atoms with E-state index in [2.05, 4.69) is 71.1 Å². The lowest BCUT2D eigenvalue weighted by Gasteiger charge is -2.09. The molecular weight excluding hydrogens is 256 g/mol. The highest BCUT2D eigenvalue weighted by atomic mass is 15.2. The first-order chi connectivity index (χ1) is 10.4. The minimum absolute atomic E-state index is 0.992. The maximum atomic E-state index is 4.63. The smallest absolute Gasteiger partial charge is 0.0779 e. The van der Waals surface area contributed by atoms with Crippen molar-refractivity contribution in [2.24, 2.45) is 0 Å². The van der Waals surface area contributed by atoms with Crippen LogP contribution in [-0.4, -0.2) is 9.61 Å². The van der Waals surface area contributed by atoms with Gasteiger partial charge in [-0.15, -0.1) is 0 Å². The number of fused-ring (bicyclic) bond motifs is 3. The molecule has 0 saturated carbocycles. The lowest BCUT2D eigenvalue weighted by atomic mass is 10.0. The van der Waals surface area contributed by atoms with Crippen LogP contribution in [0.25, 0.3) is 27.5 Å². The minimum Gasteiger partial charge on any atom is -0.232 e. The van der Waals surface area contributed by atoms with Gasteiger partial charge in [0.1, 0.15) is 0 Å². The molecule has 0 atom stereocenters. The Morgan fingerprint density at radius 3 is 2.52 bits per heavy atom. The van der Waals surface area contributed by atoms with Crippen molar-refractivity contribution in [3.63, 3.8) is 0 Å². The van der Waals surface area contributed by atoms with Crippen molar-refractivity contribution >= 4 is 16.3 Å². The van der Waals surface area contributed by atoms with Crippen LogP contribution in [0.15, 0.2) is 66.9 Å². The highest BCUT2D eigenvalue weighted by Gasteiger charge is 2.12. The van der Waals surface area contributed by atoms with Gasteiger partial charge >= 0.3 is 0 Å². The summed E-state index contributed by atoms with van der Waals surface area (Å²) in [6.45, 7) is 2.18. The predicted octanol–water partition coefficient (Wildman–Crippen LogP) is 4.72. The highest BCUT2D eigenvalue weighted by Crippen LogP contribution is 2.30. The summed E-state index contributed by atoms with van der Waals surface area (Å²) in [7, 11) is 0. The molecule has 2 heterocycles. The molecule has 0 bridgehead atoms. The highest BCUT2D eigenvalue weighted by molar-refractivity contribution is 5.99. The van der Waals surface area contributed by atoms with Crippen LogP contribution in [0.4, 0.5) is 0 Å². The maximum Gasteiger partial charge on any atom is 0.0779 e. The molecule has 0 aliphatic carbocycles. The topological polar surface area (TPSA) is 17.3 Å². The molecule has 4 rings (SSSR count). The number of nitrogens with zero attached hydrogens (tertiary/aromatic N) is 2. The second-order valence-electron chi connectivity index (χ2n) is 5.27. The first kappa shape index (κ1) is 12.2. The van der Waals surface area contributed by atoms with E-state index in [0.717, 1.165) is 12.1 Å². The molecule has 2 aromatic carbocycles. The van der Waals surface area contributed by atoms with Crippen LogP contribution in [0.5, 0.6) is 0 Å². The quantitative estimate of drug-likeness (QED) is 0.516. The first-order valence-electron chi connectivity index (χ1n) is 7.32. The number of pyridine rings is 1. The zero-order chi connectivity index (χ0) is 14.2. The van der Waals surface area contributed by atoms with E-state index in [9.17, 15) is 0 Å². The third-order valence-electron chi connectivity index (χ3n) is 4.03. The zero-order valence-corrected chi connectivity index (χ0v) is 12.0. The van der Waals surface area contributed by atoms with Crippen LogP contribution >= 0.6 is 0 Å². The standard InChI is InChI=1S/C19H16N2/c1-2-14-13-20-21-18(15-8-4-3-5-9-15)12-16-10-6-7-11-17(16)19(14)21/h3-13H,2H2,1H3.